The van der Waals surface area contributed by atoms with E-state index in [1.54, 1.807) is 21.9 Å². The van der Waals surface area contributed by atoms with Gasteiger partial charge >= 0.3 is 0 Å². The molecule has 0 radical (unpaired) electrons. The van der Waals surface area contributed by atoms with Gasteiger partial charge in [0, 0.05) is 38.6 Å². The zero-order valence-corrected chi connectivity index (χ0v) is 13.7. The molecule has 1 aliphatic heterocycles. The predicted octanol–water partition coefficient (Wildman–Crippen LogP) is 1.45. The number of amides is 2. The number of pyridine rings is 1. The molecule has 7 nitrogen and oxygen atoms in total. The fourth-order valence-corrected chi connectivity index (χ4v) is 3.05. The van der Waals surface area contributed by atoms with E-state index in [9.17, 15) is 9.59 Å². The molecule has 4 heterocycles. The second-order valence-electron chi connectivity index (χ2n) is 6.03. The van der Waals surface area contributed by atoms with Gasteiger partial charge in [0.15, 0.2) is 5.76 Å². The lowest BCUT2D eigenvalue weighted by Crippen LogP contribution is -2.50. The third kappa shape index (κ3) is 3.13. The second-order valence-corrected chi connectivity index (χ2v) is 6.03. The molecule has 1 saturated heterocycles. The van der Waals surface area contributed by atoms with Gasteiger partial charge < -0.3 is 18.6 Å². The first-order valence-electron chi connectivity index (χ1n) is 8.24. The van der Waals surface area contributed by atoms with Crippen molar-refractivity contribution in [1.82, 2.24) is 19.2 Å². The predicted molar refractivity (Wildman–Crippen MR) is 90.1 cm³/mol. The summed E-state index contributed by atoms with van der Waals surface area (Å²) >= 11 is 0. The van der Waals surface area contributed by atoms with Crippen LogP contribution in [0.25, 0.3) is 5.65 Å². The molecule has 25 heavy (non-hydrogen) atoms. The average molecular weight is 338 g/mol. The monoisotopic (exact) mass is 338 g/mol. The van der Waals surface area contributed by atoms with E-state index in [1.165, 1.54) is 6.26 Å². The molecule has 0 aromatic carbocycles. The summed E-state index contributed by atoms with van der Waals surface area (Å²) in [4.78, 5) is 32.7. The summed E-state index contributed by atoms with van der Waals surface area (Å²) in [7, 11) is 0. The Bertz CT molecular complexity index is 859. The summed E-state index contributed by atoms with van der Waals surface area (Å²) in [6.07, 6.45) is 5.55. The van der Waals surface area contributed by atoms with Crippen LogP contribution in [0.15, 0.2) is 53.4 Å². The molecule has 0 unspecified atom stereocenters. The van der Waals surface area contributed by atoms with Crippen molar-refractivity contribution in [3.63, 3.8) is 0 Å². The summed E-state index contributed by atoms with van der Waals surface area (Å²) in [6, 6.07) is 9.11. The van der Waals surface area contributed by atoms with Crippen LogP contribution in [0.4, 0.5) is 0 Å². The number of hydrogen-bond donors (Lipinski definition) is 0. The Morgan fingerprint density at radius 3 is 2.56 bits per heavy atom. The highest BCUT2D eigenvalue weighted by Gasteiger charge is 2.26. The van der Waals surface area contributed by atoms with Gasteiger partial charge in [0.25, 0.3) is 5.91 Å². The highest BCUT2D eigenvalue weighted by Crippen LogP contribution is 2.11. The van der Waals surface area contributed by atoms with Gasteiger partial charge in [0.2, 0.25) is 5.91 Å². The lowest BCUT2D eigenvalue weighted by molar-refractivity contribution is -0.132. The normalized spacial score (nSPS) is 14.9. The molecule has 0 saturated carbocycles. The molecule has 128 valence electrons. The number of rotatable bonds is 3. The standard InChI is InChI=1S/C18H18N4O3/c23-17(12-14-13-22-6-2-1-5-16(22)19-14)20-7-9-21(10-8-20)18(24)15-4-3-11-25-15/h1-6,11,13H,7-10,12H2. The van der Waals surface area contributed by atoms with E-state index in [4.69, 9.17) is 4.42 Å². The van der Waals surface area contributed by atoms with Crippen LogP contribution >= 0.6 is 0 Å². The Kier molecular flexibility index (Phi) is 3.97. The summed E-state index contributed by atoms with van der Waals surface area (Å²) < 4.78 is 7.05. The van der Waals surface area contributed by atoms with Gasteiger partial charge in [-0.05, 0) is 24.3 Å². The first-order chi connectivity index (χ1) is 12.2. The molecule has 0 aliphatic carbocycles. The van der Waals surface area contributed by atoms with Crippen molar-refractivity contribution in [3.05, 3.63) is 60.4 Å². The molecule has 4 rings (SSSR count). The molecule has 3 aromatic heterocycles. The fourth-order valence-electron chi connectivity index (χ4n) is 3.05. The maximum atomic E-state index is 12.5. The molecule has 2 amide bonds. The lowest BCUT2D eigenvalue weighted by Gasteiger charge is -2.34. The van der Waals surface area contributed by atoms with E-state index in [0.29, 0.717) is 31.9 Å². The van der Waals surface area contributed by atoms with Crippen molar-refractivity contribution in [2.45, 2.75) is 6.42 Å². The third-order valence-corrected chi connectivity index (χ3v) is 4.40. The van der Waals surface area contributed by atoms with Crippen LogP contribution in [0.5, 0.6) is 0 Å². The van der Waals surface area contributed by atoms with Crippen LogP contribution in [0.1, 0.15) is 16.2 Å². The molecule has 0 bridgehead atoms. The van der Waals surface area contributed by atoms with Gasteiger partial charge in [-0.15, -0.1) is 0 Å². The molecule has 3 aromatic rings. The minimum absolute atomic E-state index is 0.0357. The minimum atomic E-state index is -0.127. The van der Waals surface area contributed by atoms with Gasteiger partial charge in [-0.2, -0.15) is 0 Å². The maximum absolute atomic E-state index is 12.5. The number of carbonyl (C=O) groups is 2. The van der Waals surface area contributed by atoms with Crippen LogP contribution < -0.4 is 0 Å². The van der Waals surface area contributed by atoms with Gasteiger partial charge in [-0.25, -0.2) is 4.98 Å². The number of furan rings is 1. The Labute approximate surface area is 144 Å². The van der Waals surface area contributed by atoms with Crippen molar-refractivity contribution in [2.24, 2.45) is 0 Å². The van der Waals surface area contributed by atoms with Crippen molar-refractivity contribution in [1.29, 1.82) is 0 Å². The molecule has 0 spiro atoms. The quantitative estimate of drug-likeness (QED) is 0.725. The Morgan fingerprint density at radius 2 is 1.84 bits per heavy atom. The molecule has 0 N–H and O–H groups in total. The zero-order valence-electron chi connectivity index (χ0n) is 13.7. The summed E-state index contributed by atoms with van der Waals surface area (Å²) in [5.41, 5.74) is 1.59. The number of hydrogen-bond acceptors (Lipinski definition) is 4. The van der Waals surface area contributed by atoms with Crippen LogP contribution in [0.2, 0.25) is 0 Å². The Hall–Kier alpha value is -3.09. The second kappa shape index (κ2) is 6.43. The van der Waals surface area contributed by atoms with Gasteiger partial charge in [-0.3, -0.25) is 9.59 Å². The number of imidazole rings is 1. The van der Waals surface area contributed by atoms with Crippen molar-refractivity contribution in [3.8, 4) is 0 Å². The molecular weight excluding hydrogens is 320 g/mol. The van der Waals surface area contributed by atoms with Crippen LogP contribution in [-0.4, -0.2) is 57.2 Å². The highest BCUT2D eigenvalue weighted by atomic mass is 16.3. The van der Waals surface area contributed by atoms with Gasteiger partial charge in [0.1, 0.15) is 5.65 Å². The van der Waals surface area contributed by atoms with Gasteiger partial charge in [-0.1, -0.05) is 6.07 Å². The van der Waals surface area contributed by atoms with E-state index in [-0.39, 0.29) is 18.2 Å². The van der Waals surface area contributed by atoms with Crippen molar-refractivity contribution in [2.75, 3.05) is 26.2 Å². The number of nitrogens with zero attached hydrogens (tertiary/aromatic N) is 4. The van der Waals surface area contributed by atoms with E-state index in [1.807, 2.05) is 35.0 Å². The first kappa shape index (κ1) is 15.4. The number of carbonyl (C=O) groups excluding carboxylic acids is 2. The van der Waals surface area contributed by atoms with Crippen LogP contribution in [0.3, 0.4) is 0 Å². The number of aromatic nitrogens is 2. The summed E-state index contributed by atoms with van der Waals surface area (Å²) in [5, 5.41) is 0. The van der Waals surface area contributed by atoms with Crippen molar-refractivity contribution >= 4 is 17.5 Å². The molecular formula is C18H18N4O3. The van der Waals surface area contributed by atoms with Crippen molar-refractivity contribution < 1.29 is 14.0 Å². The third-order valence-electron chi connectivity index (χ3n) is 4.40. The maximum Gasteiger partial charge on any atom is 0.289 e. The largest absolute Gasteiger partial charge is 0.459 e. The fraction of sp³-hybridized carbons (Fsp3) is 0.278. The topological polar surface area (TPSA) is 71.1 Å². The SMILES string of the molecule is O=C(Cc1cn2ccccc2n1)N1CCN(C(=O)c2ccco2)CC1. The molecule has 7 heteroatoms. The first-order valence-corrected chi connectivity index (χ1v) is 8.24. The minimum Gasteiger partial charge on any atom is -0.459 e. The van der Waals surface area contributed by atoms with E-state index in [2.05, 4.69) is 4.98 Å². The summed E-state index contributed by atoms with van der Waals surface area (Å²) in [6.45, 7) is 2.07. The Morgan fingerprint density at radius 1 is 1.04 bits per heavy atom. The van der Waals surface area contributed by atoms with E-state index in [0.717, 1.165) is 11.3 Å². The molecule has 1 fully saturated rings. The van der Waals surface area contributed by atoms with E-state index >= 15 is 0 Å². The Balaban J connectivity index is 1.35. The lowest BCUT2D eigenvalue weighted by atomic mass is 10.2. The number of fused-ring (bicyclic) bond motifs is 1. The van der Waals surface area contributed by atoms with Gasteiger partial charge in [0.05, 0.1) is 18.4 Å². The van der Waals surface area contributed by atoms with Crippen LogP contribution in [0, 0.1) is 0 Å². The van der Waals surface area contributed by atoms with Crippen LogP contribution in [-0.2, 0) is 11.2 Å². The number of piperazine rings is 1. The smallest absolute Gasteiger partial charge is 0.289 e. The van der Waals surface area contributed by atoms with E-state index < -0.39 is 0 Å². The molecule has 1 aliphatic rings. The zero-order chi connectivity index (χ0) is 17.2. The average Bonchev–Trinajstić information content (AvgIpc) is 3.30. The highest BCUT2D eigenvalue weighted by molar-refractivity contribution is 5.91. The molecule has 0 atom stereocenters. The summed E-state index contributed by atoms with van der Waals surface area (Å²) in [5.74, 6) is 0.246.